The average molecular weight is 348 g/mol. The summed E-state index contributed by atoms with van der Waals surface area (Å²) in [4.78, 5) is 16.7. The van der Waals surface area contributed by atoms with Crippen molar-refractivity contribution >= 4 is 16.8 Å². The van der Waals surface area contributed by atoms with E-state index in [2.05, 4.69) is 40.3 Å². The van der Waals surface area contributed by atoms with Crippen molar-refractivity contribution in [3.63, 3.8) is 0 Å². The van der Waals surface area contributed by atoms with Gasteiger partial charge in [0.25, 0.3) is 0 Å². The maximum Gasteiger partial charge on any atom is 0.239 e. The lowest BCUT2D eigenvalue weighted by atomic mass is 10.0. The van der Waals surface area contributed by atoms with Gasteiger partial charge in [0.2, 0.25) is 5.91 Å². The third-order valence-electron chi connectivity index (χ3n) is 5.14. The van der Waals surface area contributed by atoms with Crippen molar-refractivity contribution in [2.24, 2.45) is 0 Å². The summed E-state index contributed by atoms with van der Waals surface area (Å²) in [6, 6.07) is 18.8. The standard InChI is InChI=1S/C21H24N4O/c1-17(26)24(25-21-10-6-5-9-19(21)15-22-25)20-11-13-23(14-12-20)16-18-7-3-2-4-8-18/h2-10,15,20H,11-14,16H2,1H3. The third-order valence-corrected chi connectivity index (χ3v) is 5.14. The number of amides is 1. The minimum Gasteiger partial charge on any atom is -0.299 e. The fourth-order valence-corrected chi connectivity index (χ4v) is 3.84. The van der Waals surface area contributed by atoms with Crippen LogP contribution in [0.4, 0.5) is 0 Å². The van der Waals surface area contributed by atoms with Crippen LogP contribution in [0.2, 0.25) is 0 Å². The molecule has 134 valence electrons. The Morgan fingerprint density at radius 1 is 1.08 bits per heavy atom. The lowest BCUT2D eigenvalue weighted by Crippen LogP contribution is -2.52. The van der Waals surface area contributed by atoms with Gasteiger partial charge in [0, 0.05) is 31.9 Å². The summed E-state index contributed by atoms with van der Waals surface area (Å²) in [5, 5.41) is 7.38. The highest BCUT2D eigenvalue weighted by atomic mass is 16.2. The van der Waals surface area contributed by atoms with Gasteiger partial charge >= 0.3 is 0 Å². The minimum atomic E-state index is 0.0420. The van der Waals surface area contributed by atoms with Gasteiger partial charge < -0.3 is 0 Å². The van der Waals surface area contributed by atoms with E-state index in [1.165, 1.54) is 5.56 Å². The Labute approximate surface area is 153 Å². The van der Waals surface area contributed by atoms with E-state index in [4.69, 9.17) is 0 Å². The Kier molecular flexibility index (Phi) is 4.71. The quantitative estimate of drug-likeness (QED) is 0.727. The van der Waals surface area contributed by atoms with E-state index in [0.717, 1.165) is 43.4 Å². The van der Waals surface area contributed by atoms with Crippen molar-refractivity contribution in [2.75, 3.05) is 18.1 Å². The normalized spacial score (nSPS) is 16.0. The van der Waals surface area contributed by atoms with Gasteiger partial charge in [0.1, 0.15) is 0 Å². The van der Waals surface area contributed by atoms with Crippen molar-refractivity contribution in [2.45, 2.75) is 32.4 Å². The lowest BCUT2D eigenvalue weighted by Gasteiger charge is -2.37. The SMILES string of the molecule is CC(=O)N(C1CCN(Cc2ccccc2)CC1)n1ncc2ccccc21. The smallest absolute Gasteiger partial charge is 0.239 e. The summed E-state index contributed by atoms with van der Waals surface area (Å²) in [5.41, 5.74) is 2.32. The van der Waals surface area contributed by atoms with E-state index in [1.54, 1.807) is 11.7 Å². The highest BCUT2D eigenvalue weighted by Crippen LogP contribution is 2.21. The molecule has 0 saturated carbocycles. The summed E-state index contributed by atoms with van der Waals surface area (Å²) in [6.07, 6.45) is 3.75. The number of likely N-dealkylation sites (tertiary alicyclic amines) is 1. The van der Waals surface area contributed by atoms with Gasteiger partial charge in [-0.2, -0.15) is 9.89 Å². The zero-order valence-electron chi connectivity index (χ0n) is 15.1. The molecular formula is C21H24N4O. The molecule has 0 unspecified atom stereocenters. The van der Waals surface area contributed by atoms with Crippen LogP contribution in [0.3, 0.4) is 0 Å². The molecular weight excluding hydrogens is 324 g/mol. The molecule has 5 heteroatoms. The summed E-state index contributed by atoms with van der Waals surface area (Å²) in [6.45, 7) is 4.58. The van der Waals surface area contributed by atoms with Crippen LogP contribution in [0.25, 0.3) is 10.9 Å². The predicted octanol–water partition coefficient (Wildman–Crippen LogP) is 3.19. The number of hydrogen-bond acceptors (Lipinski definition) is 3. The molecule has 1 amide bonds. The number of fused-ring (bicyclic) bond motifs is 1. The molecule has 2 heterocycles. The Morgan fingerprint density at radius 2 is 1.77 bits per heavy atom. The number of aromatic nitrogens is 2. The van der Waals surface area contributed by atoms with Gasteiger partial charge in [0.05, 0.1) is 17.8 Å². The molecule has 5 nitrogen and oxygen atoms in total. The molecule has 1 aliphatic rings. The van der Waals surface area contributed by atoms with E-state index >= 15 is 0 Å². The topological polar surface area (TPSA) is 41.4 Å². The minimum absolute atomic E-state index is 0.0420. The average Bonchev–Trinajstić information content (AvgIpc) is 3.08. The largest absolute Gasteiger partial charge is 0.299 e. The van der Waals surface area contributed by atoms with Crippen LogP contribution in [0.15, 0.2) is 60.8 Å². The van der Waals surface area contributed by atoms with Crippen molar-refractivity contribution in [1.29, 1.82) is 0 Å². The second-order valence-corrected chi connectivity index (χ2v) is 6.95. The molecule has 0 bridgehead atoms. The van der Waals surface area contributed by atoms with Gasteiger partial charge in [-0.1, -0.05) is 48.5 Å². The molecule has 1 aliphatic heterocycles. The van der Waals surface area contributed by atoms with Crippen molar-refractivity contribution in [3.8, 4) is 0 Å². The van der Waals surface area contributed by atoms with E-state index in [-0.39, 0.29) is 11.9 Å². The van der Waals surface area contributed by atoms with Crippen LogP contribution in [0, 0.1) is 0 Å². The summed E-state index contributed by atoms with van der Waals surface area (Å²) >= 11 is 0. The van der Waals surface area contributed by atoms with Crippen molar-refractivity contribution in [3.05, 3.63) is 66.4 Å². The monoisotopic (exact) mass is 348 g/mol. The van der Waals surface area contributed by atoms with E-state index in [1.807, 2.05) is 35.5 Å². The molecule has 0 N–H and O–H groups in total. The molecule has 0 radical (unpaired) electrons. The van der Waals surface area contributed by atoms with E-state index < -0.39 is 0 Å². The zero-order chi connectivity index (χ0) is 17.9. The zero-order valence-corrected chi connectivity index (χ0v) is 15.1. The molecule has 26 heavy (non-hydrogen) atoms. The van der Waals surface area contributed by atoms with Crippen molar-refractivity contribution in [1.82, 2.24) is 14.8 Å². The molecule has 0 aliphatic carbocycles. The molecule has 3 aromatic rings. The number of carbonyl (C=O) groups excluding carboxylic acids is 1. The predicted molar refractivity (Wildman–Crippen MR) is 103 cm³/mol. The number of nitrogens with zero attached hydrogens (tertiary/aromatic N) is 4. The first-order valence-corrected chi connectivity index (χ1v) is 9.21. The Balaban J connectivity index is 1.48. The Hall–Kier alpha value is -2.66. The van der Waals surface area contributed by atoms with Crippen LogP contribution in [0.1, 0.15) is 25.3 Å². The molecule has 0 atom stereocenters. The van der Waals surface area contributed by atoms with Gasteiger partial charge in [0.15, 0.2) is 0 Å². The maximum absolute atomic E-state index is 12.4. The molecule has 2 aromatic carbocycles. The number of rotatable bonds is 4. The van der Waals surface area contributed by atoms with E-state index in [9.17, 15) is 4.79 Å². The fraction of sp³-hybridized carbons (Fsp3) is 0.333. The van der Waals surface area contributed by atoms with Crippen LogP contribution < -0.4 is 5.01 Å². The Bertz CT molecular complexity index is 881. The Morgan fingerprint density at radius 3 is 2.50 bits per heavy atom. The van der Waals surface area contributed by atoms with Crippen LogP contribution >= 0.6 is 0 Å². The van der Waals surface area contributed by atoms with Crippen LogP contribution in [-0.4, -0.2) is 39.8 Å². The molecule has 1 fully saturated rings. The fourth-order valence-electron chi connectivity index (χ4n) is 3.84. The highest BCUT2D eigenvalue weighted by molar-refractivity contribution is 5.87. The van der Waals surface area contributed by atoms with Crippen LogP contribution in [-0.2, 0) is 11.3 Å². The van der Waals surface area contributed by atoms with E-state index in [0.29, 0.717) is 0 Å². The molecule has 1 saturated heterocycles. The lowest BCUT2D eigenvalue weighted by molar-refractivity contribution is -0.119. The summed E-state index contributed by atoms with van der Waals surface area (Å²) < 4.78 is 0. The number of carbonyl (C=O) groups is 1. The maximum atomic E-state index is 12.4. The number of piperidine rings is 1. The summed E-state index contributed by atoms with van der Waals surface area (Å²) in [7, 11) is 0. The van der Waals surface area contributed by atoms with Gasteiger partial charge in [-0.05, 0) is 24.5 Å². The van der Waals surface area contributed by atoms with Gasteiger partial charge in [-0.3, -0.25) is 9.69 Å². The first kappa shape index (κ1) is 16.8. The summed E-state index contributed by atoms with van der Waals surface area (Å²) in [5.74, 6) is 0.0420. The van der Waals surface area contributed by atoms with Gasteiger partial charge in [-0.15, -0.1) is 0 Å². The molecule has 0 spiro atoms. The van der Waals surface area contributed by atoms with Crippen LogP contribution in [0.5, 0.6) is 0 Å². The molecule has 4 rings (SSSR count). The second kappa shape index (κ2) is 7.30. The second-order valence-electron chi connectivity index (χ2n) is 6.95. The van der Waals surface area contributed by atoms with Crippen molar-refractivity contribution < 1.29 is 4.79 Å². The molecule has 1 aromatic heterocycles. The first-order chi connectivity index (χ1) is 12.7. The van der Waals surface area contributed by atoms with Gasteiger partial charge in [-0.25, -0.2) is 5.01 Å². The number of benzene rings is 2. The highest BCUT2D eigenvalue weighted by Gasteiger charge is 2.28. The number of para-hydroxylation sites is 1. The first-order valence-electron chi connectivity index (χ1n) is 9.21. The third kappa shape index (κ3) is 3.35. The number of hydrogen-bond donors (Lipinski definition) is 0.